The second-order valence-electron chi connectivity index (χ2n) is 18.1. The van der Waals surface area contributed by atoms with Crippen LogP contribution in [0.2, 0.25) is 0 Å². The van der Waals surface area contributed by atoms with Gasteiger partial charge in [0, 0.05) is 5.41 Å². The van der Waals surface area contributed by atoms with Crippen LogP contribution >= 0.6 is 0 Å². The summed E-state index contributed by atoms with van der Waals surface area (Å²) in [5, 5.41) is 0. The predicted octanol–water partition coefficient (Wildman–Crippen LogP) is 8.02. The third-order valence-corrected chi connectivity index (χ3v) is 13.2. The van der Waals surface area contributed by atoms with Crippen molar-refractivity contribution in [1.82, 2.24) is 0 Å². The third-order valence-electron chi connectivity index (χ3n) is 11.8. The maximum absolute atomic E-state index is 3.65. The maximum Gasteiger partial charge on any atom is -1.00 e. The molecule has 8 rings (SSSR count). The van der Waals surface area contributed by atoms with Crippen LogP contribution in [0.1, 0.15) is 145 Å². The first-order chi connectivity index (χ1) is 25.3. The van der Waals surface area contributed by atoms with E-state index < -0.39 is 0 Å². The maximum atomic E-state index is 3.65. The molecule has 56 heavy (non-hydrogen) atoms. The van der Waals surface area contributed by atoms with E-state index in [-0.39, 0.29) is 35.6 Å². The molecule has 4 aromatic rings. The molecule has 0 amide bonds. The Hall–Kier alpha value is -2.83. The Balaban J connectivity index is 0.000000196. The van der Waals surface area contributed by atoms with Gasteiger partial charge in [0.2, 0.25) is 0 Å². The van der Waals surface area contributed by atoms with Crippen molar-refractivity contribution in [2.75, 3.05) is 0 Å². The number of rotatable bonds is 4. The van der Waals surface area contributed by atoms with E-state index in [1.165, 1.54) is 123 Å². The Morgan fingerprint density at radius 3 is 1.68 bits per heavy atom. The van der Waals surface area contributed by atoms with Crippen LogP contribution in [0.15, 0.2) is 96.1 Å². The van der Waals surface area contributed by atoms with Gasteiger partial charge >= 0.3 is 112 Å². The van der Waals surface area contributed by atoms with Gasteiger partial charge in [-0.25, -0.2) is 11.1 Å². The number of aryl methyl sites for hydroxylation is 2. The zero-order valence-corrected chi connectivity index (χ0v) is 40.0. The van der Waals surface area contributed by atoms with Crippen LogP contribution in [0.4, 0.5) is 0 Å². The van der Waals surface area contributed by atoms with Crippen molar-refractivity contribution in [2.24, 2.45) is 11.3 Å². The van der Waals surface area contributed by atoms with Crippen molar-refractivity contribution in [2.45, 2.75) is 120 Å². The first kappa shape index (κ1) is 45.9. The number of halogens is 2. The molecular formula is C53H60Cl2Zr-2. The summed E-state index contributed by atoms with van der Waals surface area (Å²) < 4.78 is 1.42. The van der Waals surface area contributed by atoms with Crippen molar-refractivity contribution in [1.29, 1.82) is 0 Å². The van der Waals surface area contributed by atoms with Gasteiger partial charge in [-0.15, -0.1) is 11.6 Å². The molecular weight excluding hydrogens is 799 g/mol. The molecule has 4 aliphatic rings. The molecule has 1 unspecified atom stereocenters. The molecule has 0 fully saturated rings. The zero-order valence-electron chi connectivity index (χ0n) is 36.0. The van der Waals surface area contributed by atoms with Gasteiger partial charge in [0.25, 0.3) is 0 Å². The molecule has 0 aromatic heterocycles. The van der Waals surface area contributed by atoms with Gasteiger partial charge in [-0.1, -0.05) is 117 Å². The first-order valence-corrected chi connectivity index (χ1v) is 21.3. The molecule has 0 bridgehead atoms. The van der Waals surface area contributed by atoms with Gasteiger partial charge in [-0.3, -0.25) is 12.2 Å². The Bertz CT molecular complexity index is 2100. The number of allylic oxidation sites excluding steroid dienone is 8. The molecule has 4 aliphatic carbocycles. The molecule has 0 radical (unpaired) electrons. The summed E-state index contributed by atoms with van der Waals surface area (Å²) >= 11 is 1.46. The topological polar surface area (TPSA) is 0 Å². The normalized spacial score (nSPS) is 17.4. The average Bonchev–Trinajstić information content (AvgIpc) is 3.83. The van der Waals surface area contributed by atoms with Crippen molar-refractivity contribution in [3.8, 4) is 11.1 Å². The second kappa shape index (κ2) is 17.6. The molecule has 0 aliphatic heterocycles. The Morgan fingerprint density at radius 2 is 1.21 bits per heavy atom. The molecule has 3 heteroatoms. The van der Waals surface area contributed by atoms with E-state index in [0.29, 0.717) is 11.3 Å². The Morgan fingerprint density at radius 1 is 0.714 bits per heavy atom. The largest absolute Gasteiger partial charge is 1.00 e. The van der Waals surface area contributed by atoms with E-state index in [2.05, 4.69) is 187 Å². The Labute approximate surface area is 367 Å². The van der Waals surface area contributed by atoms with Crippen LogP contribution in [0.5, 0.6) is 0 Å². The molecule has 0 saturated heterocycles. The first-order valence-electron chi connectivity index (χ1n) is 20.1. The molecule has 0 saturated carbocycles. The summed E-state index contributed by atoms with van der Waals surface area (Å²) in [5.74, 6) is 0.573. The van der Waals surface area contributed by atoms with Crippen molar-refractivity contribution >= 4 is 14.4 Å². The minimum Gasteiger partial charge on any atom is -1.00 e. The van der Waals surface area contributed by atoms with Gasteiger partial charge in [0.1, 0.15) is 0 Å². The number of hydrogen-bond donors (Lipinski definition) is 0. The second-order valence-corrected chi connectivity index (χ2v) is 19.4. The van der Waals surface area contributed by atoms with Gasteiger partial charge in [-0.05, 0) is 58.4 Å². The quantitative estimate of drug-likeness (QED) is 0.161. The van der Waals surface area contributed by atoms with E-state index in [4.69, 9.17) is 0 Å². The molecule has 0 N–H and O–H groups in total. The number of benzene rings is 4. The van der Waals surface area contributed by atoms with Crippen molar-refractivity contribution < 1.29 is 49.0 Å². The van der Waals surface area contributed by atoms with Crippen molar-refractivity contribution in [3.05, 3.63) is 164 Å². The van der Waals surface area contributed by atoms with Crippen LogP contribution in [-0.4, -0.2) is 3.21 Å². The summed E-state index contributed by atoms with van der Waals surface area (Å²) in [7, 11) is 0. The van der Waals surface area contributed by atoms with E-state index in [1.807, 2.05) is 0 Å². The minimum atomic E-state index is 0. The fraction of sp³-hybridized carbons (Fsp3) is 0.377. The van der Waals surface area contributed by atoms with E-state index in [9.17, 15) is 0 Å². The van der Waals surface area contributed by atoms with E-state index >= 15 is 0 Å². The standard InChI is InChI=1S/C25H25.C15H14.C13H21.2ClH.Zr/c1-14-12-24(3,4)22-8-16-7-17-9-23-19(15(2)13-25(23,5)6)11-21(17)20(16)10-18(14)22;1-12-3-7-14(8-4-12)11-15-9-5-13(2)6-10-15;1-6-10-8-11(7-2)12(9-10)13(3,4)5;;;/h8-12H,7H2,1-6H3;3-10H,1-2H3;9-10H,6-7H2,1-5H3;2*1H;/q-1;;-1;;;+2/p-2. The summed E-state index contributed by atoms with van der Waals surface area (Å²) in [6, 6.07) is 27.3. The van der Waals surface area contributed by atoms with Gasteiger partial charge < -0.3 is 24.8 Å². The molecule has 1 atom stereocenters. The molecule has 0 spiro atoms. The van der Waals surface area contributed by atoms with Gasteiger partial charge in [0.15, 0.2) is 0 Å². The molecule has 292 valence electrons. The summed E-state index contributed by atoms with van der Waals surface area (Å²) in [4.78, 5) is 0. The summed E-state index contributed by atoms with van der Waals surface area (Å²) in [5.41, 5.74) is 23.1. The van der Waals surface area contributed by atoms with E-state index in [0.717, 1.165) is 12.8 Å². The zero-order chi connectivity index (χ0) is 39.3. The monoisotopic (exact) mass is 856 g/mol. The van der Waals surface area contributed by atoms with Gasteiger partial charge in [-0.2, -0.15) is 17.2 Å². The molecule has 4 aromatic carbocycles. The predicted molar refractivity (Wildman–Crippen MR) is 231 cm³/mol. The van der Waals surface area contributed by atoms with E-state index in [1.54, 1.807) is 0 Å². The smallest absolute Gasteiger partial charge is 1.00 e. The molecule has 0 heterocycles. The fourth-order valence-corrected chi connectivity index (χ4v) is 9.56. The van der Waals surface area contributed by atoms with Gasteiger partial charge in [0.05, 0.1) is 0 Å². The summed E-state index contributed by atoms with van der Waals surface area (Å²) in [6.45, 7) is 29.2. The molecule has 0 nitrogen and oxygen atoms in total. The van der Waals surface area contributed by atoms with Crippen molar-refractivity contribution in [3.63, 3.8) is 0 Å². The minimum absolute atomic E-state index is 0. The fourth-order valence-electron chi connectivity index (χ4n) is 8.74. The average molecular weight is 859 g/mol. The number of fused-ring (bicyclic) bond motifs is 5. The van der Waals surface area contributed by atoms with Crippen LogP contribution in [0.25, 0.3) is 22.3 Å². The van der Waals surface area contributed by atoms with Crippen LogP contribution < -0.4 is 24.8 Å². The third kappa shape index (κ3) is 9.38. The summed E-state index contributed by atoms with van der Waals surface area (Å²) in [6.07, 6.45) is 15.4. The van der Waals surface area contributed by atoms with Crippen LogP contribution in [-0.2, 0) is 41.5 Å². The SMILES string of the molecule is CC1=[C-]C(C)(C)c2cc3c(cc21)-c1cc2c(cc1C3)C(C)(C)C=C2C.CCC1=[C-]C(CC)C=C1C(C)(C)C.Cc1ccc([C](=[Zr+2])c2ccc(C)cc2)cc1.[Cl-].[Cl-]. The number of hydrogen-bond acceptors (Lipinski definition) is 0. The Kier molecular flexibility index (Phi) is 14.4. The van der Waals surface area contributed by atoms with Crippen LogP contribution in [0.3, 0.4) is 0 Å². The van der Waals surface area contributed by atoms with Crippen LogP contribution in [0, 0.1) is 37.3 Å².